The predicted molar refractivity (Wildman–Crippen MR) is 107 cm³/mol. The summed E-state index contributed by atoms with van der Waals surface area (Å²) in [4.78, 5) is 4.63. The number of fused-ring (bicyclic) bond motifs is 2. The second kappa shape index (κ2) is 6.60. The third-order valence-electron chi connectivity index (χ3n) is 4.96. The Bertz CT molecular complexity index is 1220. The fourth-order valence-corrected chi connectivity index (χ4v) is 3.54. The summed E-state index contributed by atoms with van der Waals surface area (Å²) in [6.07, 6.45) is 1.71. The van der Waals surface area contributed by atoms with Crippen LogP contribution in [0.25, 0.3) is 32.9 Å². The van der Waals surface area contributed by atoms with Crippen LogP contribution in [0.3, 0.4) is 0 Å². The highest BCUT2D eigenvalue weighted by atomic mass is 19.1. The van der Waals surface area contributed by atoms with Gasteiger partial charge in [-0.1, -0.05) is 6.07 Å². The number of pyridine rings is 1. The second-order valence-corrected chi connectivity index (χ2v) is 6.41. The van der Waals surface area contributed by atoms with E-state index in [1.54, 1.807) is 42.1 Å². The molecule has 2 aromatic heterocycles. The van der Waals surface area contributed by atoms with Crippen molar-refractivity contribution in [2.24, 2.45) is 0 Å². The van der Waals surface area contributed by atoms with Crippen LogP contribution in [-0.2, 0) is 6.54 Å². The van der Waals surface area contributed by atoms with Gasteiger partial charge in [-0.2, -0.15) is 0 Å². The molecule has 4 rings (SSSR count). The lowest BCUT2D eigenvalue weighted by Gasteiger charge is -2.13. The van der Waals surface area contributed by atoms with Crippen molar-refractivity contribution >= 4 is 27.5 Å². The number of nitrogen functional groups attached to an aromatic ring is 1. The number of nitrogens with zero attached hydrogens (tertiary/aromatic N) is 2. The quantitative estimate of drug-likeness (QED) is 0.550. The van der Waals surface area contributed by atoms with Crippen LogP contribution in [0.1, 0.15) is 6.92 Å². The van der Waals surface area contributed by atoms with Crippen molar-refractivity contribution in [2.45, 2.75) is 13.5 Å². The number of methoxy groups -OCH3 is 2. The number of benzene rings is 2. The molecular weight excluding hydrogens is 361 g/mol. The van der Waals surface area contributed by atoms with E-state index in [0.29, 0.717) is 56.7 Å². The van der Waals surface area contributed by atoms with Crippen LogP contribution in [0.5, 0.6) is 17.4 Å². The van der Waals surface area contributed by atoms with E-state index in [1.807, 2.05) is 6.92 Å². The van der Waals surface area contributed by atoms with E-state index in [1.165, 1.54) is 13.2 Å². The van der Waals surface area contributed by atoms with Crippen molar-refractivity contribution < 1.29 is 19.0 Å². The molecule has 0 unspecified atom stereocenters. The Kier molecular flexibility index (Phi) is 4.22. The van der Waals surface area contributed by atoms with Gasteiger partial charge in [0.1, 0.15) is 5.82 Å². The highest BCUT2D eigenvalue weighted by Gasteiger charge is 2.20. The molecule has 0 aliphatic heterocycles. The van der Waals surface area contributed by atoms with Crippen LogP contribution in [-0.4, -0.2) is 28.9 Å². The minimum absolute atomic E-state index is 0.0568. The molecule has 0 radical (unpaired) electrons. The lowest BCUT2D eigenvalue weighted by Crippen LogP contribution is -1.96. The van der Waals surface area contributed by atoms with Gasteiger partial charge in [0, 0.05) is 23.7 Å². The average Bonchev–Trinajstić information content (AvgIpc) is 3.03. The molecule has 0 bridgehead atoms. The van der Waals surface area contributed by atoms with Gasteiger partial charge in [0.05, 0.1) is 36.3 Å². The molecule has 6 nitrogen and oxygen atoms in total. The van der Waals surface area contributed by atoms with Gasteiger partial charge < -0.3 is 24.9 Å². The summed E-state index contributed by atoms with van der Waals surface area (Å²) in [6, 6.07) is 8.10. The Morgan fingerprint density at radius 3 is 2.57 bits per heavy atom. The van der Waals surface area contributed by atoms with Gasteiger partial charge in [-0.3, -0.25) is 0 Å². The number of nitrogens with two attached hydrogens (primary N) is 1. The monoisotopic (exact) mass is 381 g/mol. The third-order valence-corrected chi connectivity index (χ3v) is 4.96. The Morgan fingerprint density at radius 1 is 1.14 bits per heavy atom. The van der Waals surface area contributed by atoms with Crippen molar-refractivity contribution in [2.75, 3.05) is 20.0 Å². The van der Waals surface area contributed by atoms with E-state index in [-0.39, 0.29) is 5.88 Å². The summed E-state index contributed by atoms with van der Waals surface area (Å²) in [7, 11) is 3.07. The molecule has 144 valence electrons. The smallest absolute Gasteiger partial charge is 0.202 e. The Morgan fingerprint density at radius 2 is 1.89 bits per heavy atom. The number of aromatic hydroxyl groups is 1. The van der Waals surface area contributed by atoms with Crippen molar-refractivity contribution in [1.82, 2.24) is 9.55 Å². The summed E-state index contributed by atoms with van der Waals surface area (Å²) < 4.78 is 27.2. The maximum absolute atomic E-state index is 14.9. The highest BCUT2D eigenvalue weighted by Crippen LogP contribution is 2.41. The van der Waals surface area contributed by atoms with Crippen molar-refractivity contribution in [1.29, 1.82) is 0 Å². The Balaban J connectivity index is 2.08. The minimum Gasteiger partial charge on any atom is -0.494 e. The van der Waals surface area contributed by atoms with Gasteiger partial charge in [-0.15, -0.1) is 0 Å². The van der Waals surface area contributed by atoms with Gasteiger partial charge in [-0.25, -0.2) is 9.37 Å². The van der Waals surface area contributed by atoms with Crippen LogP contribution in [0, 0.1) is 5.82 Å². The number of aromatic nitrogens is 2. The standard InChI is InChI=1S/C21H20FN3O3/c1-4-25-10-14-18(21(25)26)19(23)12-6-7-13(22)17(20(12)24-14)11-5-8-15(27-2)16(9-11)28-3/h5-10,26H,4,23H2,1-3H3. The normalized spacial score (nSPS) is 11.3. The minimum atomic E-state index is -0.426. The van der Waals surface area contributed by atoms with Crippen LogP contribution in [0.4, 0.5) is 10.1 Å². The van der Waals surface area contributed by atoms with Crippen molar-refractivity contribution in [3.8, 4) is 28.5 Å². The Labute approximate surface area is 160 Å². The SMILES string of the molecule is CCn1cc2nc3c(-c4ccc(OC)c(OC)c4)c(F)ccc3c(N)c2c1O. The molecule has 3 N–H and O–H groups in total. The fraction of sp³-hybridized carbons (Fsp3) is 0.190. The van der Waals surface area contributed by atoms with Crippen LogP contribution in [0.15, 0.2) is 36.5 Å². The largest absolute Gasteiger partial charge is 0.494 e. The summed E-state index contributed by atoms with van der Waals surface area (Å²) >= 11 is 0. The van der Waals surface area contributed by atoms with E-state index in [9.17, 15) is 9.50 Å². The summed E-state index contributed by atoms with van der Waals surface area (Å²) in [5.74, 6) is 0.665. The van der Waals surface area contributed by atoms with Gasteiger partial charge >= 0.3 is 0 Å². The molecule has 0 amide bonds. The summed E-state index contributed by atoms with van der Waals surface area (Å²) in [5.41, 5.74) is 8.55. The van der Waals surface area contributed by atoms with Gasteiger partial charge in [0.2, 0.25) is 5.88 Å². The maximum Gasteiger partial charge on any atom is 0.202 e. The molecule has 28 heavy (non-hydrogen) atoms. The Hall–Kier alpha value is -3.48. The highest BCUT2D eigenvalue weighted by molar-refractivity contribution is 6.12. The van der Waals surface area contributed by atoms with E-state index in [0.717, 1.165) is 0 Å². The zero-order valence-corrected chi connectivity index (χ0v) is 15.8. The zero-order chi connectivity index (χ0) is 20.0. The van der Waals surface area contributed by atoms with Gasteiger partial charge in [0.25, 0.3) is 0 Å². The predicted octanol–water partition coefficient (Wildman–Crippen LogP) is 4.32. The number of ether oxygens (including phenoxy) is 2. The first-order valence-corrected chi connectivity index (χ1v) is 8.82. The molecule has 0 spiro atoms. The molecule has 0 aliphatic rings. The second-order valence-electron chi connectivity index (χ2n) is 6.41. The molecule has 0 fully saturated rings. The lowest BCUT2D eigenvalue weighted by molar-refractivity contribution is 0.355. The van der Waals surface area contributed by atoms with Gasteiger partial charge in [-0.05, 0) is 36.8 Å². The number of aryl methyl sites for hydroxylation is 1. The topological polar surface area (TPSA) is 82.5 Å². The first-order chi connectivity index (χ1) is 13.5. The summed E-state index contributed by atoms with van der Waals surface area (Å²) in [6.45, 7) is 2.47. The van der Waals surface area contributed by atoms with Gasteiger partial charge in [0.15, 0.2) is 11.5 Å². The maximum atomic E-state index is 14.9. The molecule has 7 heteroatoms. The number of anilines is 1. The molecule has 0 atom stereocenters. The van der Waals surface area contributed by atoms with E-state index >= 15 is 0 Å². The molecule has 2 heterocycles. The summed E-state index contributed by atoms with van der Waals surface area (Å²) in [5, 5.41) is 11.5. The van der Waals surface area contributed by atoms with E-state index in [4.69, 9.17) is 15.2 Å². The molecule has 2 aromatic carbocycles. The first-order valence-electron chi connectivity index (χ1n) is 8.82. The average molecular weight is 381 g/mol. The number of halogens is 1. The number of hydrogen-bond donors (Lipinski definition) is 2. The van der Waals surface area contributed by atoms with Crippen molar-refractivity contribution in [3.63, 3.8) is 0 Å². The molecular formula is C21H20FN3O3. The molecule has 0 saturated carbocycles. The number of rotatable bonds is 4. The zero-order valence-electron chi connectivity index (χ0n) is 15.8. The third kappa shape index (κ3) is 2.51. The lowest BCUT2D eigenvalue weighted by atomic mass is 9.99. The van der Waals surface area contributed by atoms with E-state index < -0.39 is 5.82 Å². The van der Waals surface area contributed by atoms with E-state index in [2.05, 4.69) is 4.98 Å². The van der Waals surface area contributed by atoms with Crippen LogP contribution in [0.2, 0.25) is 0 Å². The number of hydrogen-bond acceptors (Lipinski definition) is 5. The molecule has 4 aromatic rings. The molecule has 0 aliphatic carbocycles. The van der Waals surface area contributed by atoms with Crippen LogP contribution >= 0.6 is 0 Å². The van der Waals surface area contributed by atoms with Crippen LogP contribution < -0.4 is 15.2 Å². The van der Waals surface area contributed by atoms with Crippen molar-refractivity contribution in [3.05, 3.63) is 42.3 Å². The first kappa shape index (κ1) is 17.9. The fourth-order valence-electron chi connectivity index (χ4n) is 3.54. The molecule has 0 saturated heterocycles.